The monoisotopic (exact) mass is 1320 g/mol. The highest BCUT2D eigenvalue weighted by molar-refractivity contribution is 7.44. The Balaban J connectivity index is 1.10. The number of nitrogens with one attached hydrogen (secondary N) is 1. The third kappa shape index (κ3) is 15.3. The third-order valence-corrected chi connectivity index (χ3v) is 18.3. The molecule has 23 heteroatoms. The fourth-order valence-electron chi connectivity index (χ4n) is 11.6. The van der Waals surface area contributed by atoms with Crippen LogP contribution in [0.4, 0.5) is 5.82 Å². The zero-order valence-electron chi connectivity index (χ0n) is 53.6. The summed E-state index contributed by atoms with van der Waals surface area (Å²) in [6, 6.07) is 59.9. The molecule has 4 heterocycles. The van der Waals surface area contributed by atoms with Crippen LogP contribution in [-0.4, -0.2) is 137 Å². The molecule has 0 bridgehead atoms. The van der Waals surface area contributed by atoms with Crippen LogP contribution >= 0.6 is 8.53 Å². The fourth-order valence-corrected chi connectivity index (χ4v) is 13.4. The zero-order chi connectivity index (χ0) is 67.1. The SMILES string of the molecule is COc1ccc(C(OC[C@H]2O[C@@H](n3cnc4c(NC(=O)c5ccccc5)ncnc43)[C@H](O[C@@H]3O[C@H](COC(=O)c4ccccc4)[C@@H](OC(=O)c4ccccc4)[C@H]3OC(=O)c3ccccc3)[C@@H]2OP(OCCC#N)N(C(C)C)C(C)C)(c2ccccc2)c2ccc(OC)cc2)cc1. The molecule has 1 amide bonds. The summed E-state index contributed by atoms with van der Waals surface area (Å²) in [5.41, 5.74) is 1.92. The predicted octanol–water partition coefficient (Wildman–Crippen LogP) is 12.1. The van der Waals surface area contributed by atoms with Crippen LogP contribution in [-0.2, 0) is 47.8 Å². The van der Waals surface area contributed by atoms with Crippen LogP contribution in [0, 0.1) is 11.3 Å². The lowest BCUT2D eigenvalue weighted by molar-refractivity contribution is -0.218. The molecule has 9 aromatic rings. The first kappa shape index (κ1) is 67.6. The number of nitriles is 1. The number of hydrogen-bond donors (Lipinski definition) is 1. The summed E-state index contributed by atoms with van der Waals surface area (Å²) in [7, 11) is 0.994. The van der Waals surface area contributed by atoms with E-state index in [1.54, 1.807) is 140 Å². The van der Waals surface area contributed by atoms with Crippen molar-refractivity contribution in [1.82, 2.24) is 24.2 Å². The fraction of sp³-hybridized carbons (Fsp3) is 0.288. The molecule has 11 rings (SSSR count). The normalized spacial score (nSPS) is 19.6. The molecule has 22 nitrogen and oxygen atoms in total. The number of amides is 1. The van der Waals surface area contributed by atoms with Crippen LogP contribution in [0.25, 0.3) is 11.2 Å². The van der Waals surface area contributed by atoms with Gasteiger partial charge in [-0.1, -0.05) is 127 Å². The highest BCUT2D eigenvalue weighted by Gasteiger charge is 2.58. The van der Waals surface area contributed by atoms with E-state index >= 15 is 0 Å². The van der Waals surface area contributed by atoms with E-state index in [4.69, 9.17) is 61.6 Å². The number of anilines is 1. The quantitative estimate of drug-likeness (QED) is 0.0157. The molecule has 0 saturated carbocycles. The smallest absolute Gasteiger partial charge is 0.338 e. The van der Waals surface area contributed by atoms with Gasteiger partial charge in [0.2, 0.25) is 0 Å². The van der Waals surface area contributed by atoms with Gasteiger partial charge in [-0.15, -0.1) is 0 Å². The molecule has 2 aliphatic heterocycles. The standard InChI is InChI=1S/C73H72N7O15P/c1-47(2)80(48(3)4)96(89-42-22-41-74)95-62-59(44-88-73(53-31-20-11-21-32-53,54-33-37-56(85-5)38-34-54)55-35-39-57(86-6)40-36-55)90-68(79-46-77-60-65(75-45-76-66(60)79)78-67(81)49-23-12-7-13-24-49)63(62)94-72-64(93-71(84)52-29-18-10-19-30-52)61(92-70(83)51-27-16-9-17-28-51)58(91-72)43-87-69(82)50-25-14-8-15-26-50/h7-21,23-40,45-48,58-59,61-64,68,72H,22,42-44H2,1-6H3,(H,75,76,78,81)/t58-,59-,61-,62-,63-,64-,68-,72+,96?/m1/s1. The van der Waals surface area contributed by atoms with Gasteiger partial charge in [-0.25, -0.2) is 34.0 Å². The van der Waals surface area contributed by atoms with E-state index in [0.29, 0.717) is 28.2 Å². The number of methoxy groups -OCH3 is 2. The first-order valence-corrected chi connectivity index (χ1v) is 32.4. The van der Waals surface area contributed by atoms with E-state index in [1.165, 1.54) is 12.7 Å². The maximum absolute atomic E-state index is 14.7. The summed E-state index contributed by atoms with van der Waals surface area (Å²) in [6.07, 6.45) is -8.80. The molecular formula is C73H72N7O15P. The maximum Gasteiger partial charge on any atom is 0.338 e. The van der Waals surface area contributed by atoms with Gasteiger partial charge >= 0.3 is 17.9 Å². The van der Waals surface area contributed by atoms with Crippen molar-refractivity contribution in [1.29, 1.82) is 5.26 Å². The molecule has 2 fully saturated rings. The van der Waals surface area contributed by atoms with Crippen molar-refractivity contribution in [3.63, 3.8) is 0 Å². The Morgan fingerprint density at radius 2 is 1.09 bits per heavy atom. The van der Waals surface area contributed by atoms with Crippen LogP contribution in [0.2, 0.25) is 0 Å². The topological polar surface area (TPSA) is 252 Å². The minimum absolute atomic E-state index is 0.0133. The molecule has 1 unspecified atom stereocenters. The third-order valence-electron chi connectivity index (χ3n) is 16.2. The van der Waals surface area contributed by atoms with Gasteiger partial charge in [0, 0.05) is 17.6 Å². The van der Waals surface area contributed by atoms with Crippen LogP contribution < -0.4 is 14.8 Å². The number of fused-ring (bicyclic) bond motifs is 1. The summed E-state index contributed by atoms with van der Waals surface area (Å²) in [5.74, 6) is -1.56. The highest BCUT2D eigenvalue weighted by Crippen LogP contribution is 2.52. The van der Waals surface area contributed by atoms with Crippen molar-refractivity contribution >= 4 is 49.3 Å². The van der Waals surface area contributed by atoms with Crippen molar-refractivity contribution in [3.8, 4) is 17.6 Å². The average molecular weight is 1320 g/mol. The Labute approximate surface area is 556 Å². The molecule has 1 N–H and O–H groups in total. The minimum atomic E-state index is -2.18. The first-order valence-electron chi connectivity index (χ1n) is 31.3. The lowest BCUT2D eigenvalue weighted by Gasteiger charge is -2.39. The number of imidazole rings is 1. The van der Waals surface area contributed by atoms with Gasteiger partial charge in [-0.2, -0.15) is 5.26 Å². The molecular weight excluding hydrogens is 1250 g/mol. The van der Waals surface area contributed by atoms with Crippen molar-refractivity contribution in [2.45, 2.75) is 101 Å². The predicted molar refractivity (Wildman–Crippen MR) is 354 cm³/mol. The van der Waals surface area contributed by atoms with E-state index in [-0.39, 0.29) is 65.4 Å². The largest absolute Gasteiger partial charge is 0.497 e. The molecule has 494 valence electrons. The van der Waals surface area contributed by atoms with Gasteiger partial charge in [0.05, 0.1) is 62.9 Å². The van der Waals surface area contributed by atoms with Gasteiger partial charge < -0.3 is 57.0 Å². The second-order valence-electron chi connectivity index (χ2n) is 22.9. The van der Waals surface area contributed by atoms with Crippen LogP contribution in [0.15, 0.2) is 213 Å². The Bertz CT molecular complexity index is 4020. The van der Waals surface area contributed by atoms with E-state index in [0.717, 1.165) is 5.56 Å². The van der Waals surface area contributed by atoms with Crippen molar-refractivity contribution in [2.24, 2.45) is 0 Å². The molecule has 0 radical (unpaired) electrons. The van der Waals surface area contributed by atoms with Gasteiger partial charge in [-0.05, 0) is 117 Å². The molecule has 2 saturated heterocycles. The van der Waals surface area contributed by atoms with Crippen molar-refractivity contribution < 1.29 is 70.9 Å². The molecule has 9 atom stereocenters. The molecule has 0 spiro atoms. The summed E-state index contributed by atoms with van der Waals surface area (Å²) in [6.45, 7) is 7.14. The Morgan fingerprint density at radius 3 is 1.62 bits per heavy atom. The number of nitrogens with zero attached hydrogens (tertiary/aromatic N) is 6. The molecule has 2 aromatic heterocycles. The molecule has 7 aromatic carbocycles. The van der Waals surface area contributed by atoms with E-state index < -0.39 is 93.7 Å². The lowest BCUT2D eigenvalue weighted by atomic mass is 9.80. The molecule has 0 aliphatic carbocycles. The minimum Gasteiger partial charge on any atom is -0.497 e. The summed E-state index contributed by atoms with van der Waals surface area (Å²) >= 11 is 0. The number of rotatable bonds is 28. The number of benzene rings is 7. The van der Waals surface area contributed by atoms with Gasteiger partial charge in [0.15, 0.2) is 41.7 Å². The number of aromatic nitrogens is 4. The lowest BCUT2D eigenvalue weighted by Crippen LogP contribution is -2.46. The second kappa shape index (κ2) is 31.6. The number of esters is 3. The Hall–Kier alpha value is -9.79. The number of ether oxygens (including phenoxy) is 9. The van der Waals surface area contributed by atoms with Crippen LogP contribution in [0.1, 0.15) is 98.5 Å². The second-order valence-corrected chi connectivity index (χ2v) is 24.4. The zero-order valence-corrected chi connectivity index (χ0v) is 54.5. The van der Waals surface area contributed by atoms with E-state index in [2.05, 4.69) is 16.4 Å². The Kier molecular flexibility index (Phi) is 22.3. The summed E-state index contributed by atoms with van der Waals surface area (Å²) in [4.78, 5) is 70.9. The van der Waals surface area contributed by atoms with Gasteiger partial charge in [-0.3, -0.25) is 9.36 Å². The summed E-state index contributed by atoms with van der Waals surface area (Å²) < 4.78 is 77.5. The maximum atomic E-state index is 14.7. The van der Waals surface area contributed by atoms with Gasteiger partial charge in [0.1, 0.15) is 54.5 Å². The Morgan fingerprint density at radius 1 is 0.594 bits per heavy atom. The highest BCUT2D eigenvalue weighted by atomic mass is 31.2. The molecule has 96 heavy (non-hydrogen) atoms. The van der Waals surface area contributed by atoms with E-state index in [1.807, 2.05) is 111 Å². The number of carbonyl (C=O) groups is 4. The number of hydrogen-bond acceptors (Lipinski definition) is 20. The first-order chi connectivity index (χ1) is 46.8. The number of carbonyl (C=O) groups excluding carboxylic acids is 4. The summed E-state index contributed by atoms with van der Waals surface area (Å²) in [5, 5.41) is 12.8. The van der Waals surface area contributed by atoms with Crippen LogP contribution in [0.3, 0.4) is 0 Å². The van der Waals surface area contributed by atoms with E-state index in [9.17, 15) is 24.4 Å². The van der Waals surface area contributed by atoms with Crippen LogP contribution in [0.5, 0.6) is 11.5 Å². The average Bonchev–Trinajstić information content (AvgIpc) is 1.51. The van der Waals surface area contributed by atoms with Gasteiger partial charge in [0.25, 0.3) is 14.4 Å². The van der Waals surface area contributed by atoms with Crippen molar-refractivity contribution in [3.05, 3.63) is 252 Å². The molecule has 2 aliphatic rings. The van der Waals surface area contributed by atoms with Crippen molar-refractivity contribution in [2.75, 3.05) is 39.4 Å².